The third-order valence-corrected chi connectivity index (χ3v) is 5.86. The van der Waals surface area contributed by atoms with Crippen LogP contribution in [0.4, 0.5) is 0 Å². The molecule has 1 amide bonds. The van der Waals surface area contributed by atoms with E-state index >= 15 is 0 Å². The first-order valence-electron chi connectivity index (χ1n) is 7.40. The fourth-order valence-corrected chi connectivity index (χ4v) is 4.22. The Bertz CT molecular complexity index is 835. The first-order valence-corrected chi connectivity index (χ1v) is 9.10. The molecule has 0 bridgehead atoms. The van der Waals surface area contributed by atoms with Crippen LogP contribution in [0.25, 0.3) is 9.88 Å². The van der Waals surface area contributed by atoms with Crippen LogP contribution in [-0.2, 0) is 6.54 Å². The van der Waals surface area contributed by atoms with Crippen molar-refractivity contribution in [3.05, 3.63) is 63.0 Å². The van der Waals surface area contributed by atoms with Gasteiger partial charge < -0.3 is 5.32 Å². The molecular weight excluding hydrogens is 324 g/mol. The molecule has 0 spiro atoms. The van der Waals surface area contributed by atoms with E-state index in [1.54, 1.807) is 22.7 Å². The van der Waals surface area contributed by atoms with Gasteiger partial charge in [-0.3, -0.25) is 4.79 Å². The number of benzene rings is 1. The highest BCUT2D eigenvalue weighted by atomic mass is 32.1. The molecule has 0 saturated carbocycles. The van der Waals surface area contributed by atoms with Crippen LogP contribution in [0.1, 0.15) is 32.1 Å². The molecule has 23 heavy (non-hydrogen) atoms. The molecular formula is C18H18N2OS2. The minimum atomic E-state index is -0.0343. The van der Waals surface area contributed by atoms with Gasteiger partial charge >= 0.3 is 0 Å². The maximum Gasteiger partial charge on any atom is 0.251 e. The molecule has 1 N–H and O–H groups in total. The Kier molecular flexibility index (Phi) is 4.59. The maximum atomic E-state index is 12.4. The Balaban J connectivity index is 1.72. The number of hydrogen-bond donors (Lipinski definition) is 1. The van der Waals surface area contributed by atoms with E-state index in [1.165, 1.54) is 4.88 Å². The molecule has 3 nitrogen and oxygen atoms in total. The van der Waals surface area contributed by atoms with Crippen molar-refractivity contribution in [2.45, 2.75) is 27.3 Å². The monoisotopic (exact) mass is 342 g/mol. The van der Waals surface area contributed by atoms with Crippen molar-refractivity contribution >= 4 is 28.6 Å². The Morgan fingerprint density at radius 3 is 2.74 bits per heavy atom. The van der Waals surface area contributed by atoms with Gasteiger partial charge in [-0.15, -0.1) is 22.7 Å². The summed E-state index contributed by atoms with van der Waals surface area (Å²) in [4.78, 5) is 19.3. The lowest BCUT2D eigenvalue weighted by molar-refractivity contribution is 0.0950. The molecule has 0 aliphatic heterocycles. The molecule has 2 heterocycles. The summed E-state index contributed by atoms with van der Waals surface area (Å²) in [6.45, 7) is 6.50. The lowest BCUT2D eigenvalue weighted by atomic mass is 10.1. The van der Waals surface area contributed by atoms with Crippen LogP contribution >= 0.6 is 22.7 Å². The first kappa shape index (κ1) is 15.9. The van der Waals surface area contributed by atoms with Gasteiger partial charge in [0.15, 0.2) is 0 Å². The summed E-state index contributed by atoms with van der Waals surface area (Å²) in [7, 11) is 0. The number of hydrogen-bond acceptors (Lipinski definition) is 4. The number of amides is 1. The van der Waals surface area contributed by atoms with E-state index in [1.807, 2.05) is 50.4 Å². The van der Waals surface area contributed by atoms with Gasteiger partial charge in [0.1, 0.15) is 5.01 Å². The van der Waals surface area contributed by atoms with Gasteiger partial charge in [0.2, 0.25) is 0 Å². The summed E-state index contributed by atoms with van der Waals surface area (Å²) in [5.41, 5.74) is 3.89. The van der Waals surface area contributed by atoms with Gasteiger partial charge in [-0.1, -0.05) is 23.8 Å². The van der Waals surface area contributed by atoms with Crippen LogP contribution in [0.5, 0.6) is 0 Å². The third kappa shape index (κ3) is 3.51. The van der Waals surface area contributed by atoms with Crippen LogP contribution in [-0.4, -0.2) is 10.9 Å². The van der Waals surface area contributed by atoms with Crippen LogP contribution < -0.4 is 5.32 Å². The third-order valence-electron chi connectivity index (χ3n) is 3.66. The zero-order valence-electron chi connectivity index (χ0n) is 13.3. The van der Waals surface area contributed by atoms with Crippen molar-refractivity contribution in [2.75, 3.05) is 0 Å². The SMILES string of the molecule is Cc1ccc(C(=O)NCc2sc(-c3cccs3)nc2C)c(C)c1. The van der Waals surface area contributed by atoms with E-state index in [-0.39, 0.29) is 5.91 Å². The number of thiophene rings is 1. The number of rotatable bonds is 4. The molecule has 0 aliphatic carbocycles. The number of aromatic nitrogens is 1. The van der Waals surface area contributed by atoms with Gasteiger partial charge in [-0.2, -0.15) is 0 Å². The topological polar surface area (TPSA) is 42.0 Å². The molecule has 0 atom stereocenters. The molecule has 0 fully saturated rings. The number of carbonyl (C=O) groups is 1. The molecule has 3 rings (SSSR count). The predicted octanol–water partition coefficient (Wildman–Crippen LogP) is 4.73. The Morgan fingerprint density at radius 1 is 1.22 bits per heavy atom. The highest BCUT2D eigenvalue weighted by Crippen LogP contribution is 2.31. The summed E-state index contributed by atoms with van der Waals surface area (Å²) in [5, 5.41) is 6.08. The molecule has 2 aromatic heterocycles. The van der Waals surface area contributed by atoms with Crippen LogP contribution in [0.2, 0.25) is 0 Å². The smallest absolute Gasteiger partial charge is 0.251 e. The normalized spacial score (nSPS) is 10.7. The van der Waals surface area contributed by atoms with Gasteiger partial charge in [0.05, 0.1) is 17.1 Å². The molecule has 5 heteroatoms. The van der Waals surface area contributed by atoms with E-state index in [0.717, 1.165) is 32.3 Å². The lowest BCUT2D eigenvalue weighted by Gasteiger charge is -2.07. The van der Waals surface area contributed by atoms with Crippen molar-refractivity contribution in [3.8, 4) is 9.88 Å². The quantitative estimate of drug-likeness (QED) is 0.745. The second-order valence-electron chi connectivity index (χ2n) is 5.51. The first-order chi connectivity index (χ1) is 11.0. The minimum absolute atomic E-state index is 0.0343. The number of carbonyl (C=O) groups excluding carboxylic acids is 1. The summed E-state index contributed by atoms with van der Waals surface area (Å²) in [6.07, 6.45) is 0. The largest absolute Gasteiger partial charge is 0.347 e. The summed E-state index contributed by atoms with van der Waals surface area (Å²) in [5.74, 6) is -0.0343. The average Bonchev–Trinajstić information content (AvgIpc) is 3.14. The van der Waals surface area contributed by atoms with Crippen molar-refractivity contribution < 1.29 is 4.79 Å². The second-order valence-corrected chi connectivity index (χ2v) is 7.54. The van der Waals surface area contributed by atoms with Crippen molar-refractivity contribution in [3.63, 3.8) is 0 Å². The fraction of sp³-hybridized carbons (Fsp3) is 0.222. The van der Waals surface area contributed by atoms with Crippen molar-refractivity contribution in [1.29, 1.82) is 0 Å². The van der Waals surface area contributed by atoms with Crippen LogP contribution in [0, 0.1) is 20.8 Å². The van der Waals surface area contributed by atoms with E-state index in [0.29, 0.717) is 6.54 Å². The average molecular weight is 342 g/mol. The highest BCUT2D eigenvalue weighted by Gasteiger charge is 2.13. The molecule has 3 aromatic rings. The van der Waals surface area contributed by atoms with E-state index in [4.69, 9.17) is 0 Å². The number of thiazole rings is 1. The molecule has 0 unspecified atom stereocenters. The van der Waals surface area contributed by atoms with E-state index < -0.39 is 0 Å². The molecule has 1 aromatic carbocycles. The fourth-order valence-electron chi connectivity index (χ4n) is 2.42. The highest BCUT2D eigenvalue weighted by molar-refractivity contribution is 7.21. The molecule has 0 saturated heterocycles. The molecule has 0 aliphatic rings. The zero-order chi connectivity index (χ0) is 16.4. The Morgan fingerprint density at radius 2 is 2.04 bits per heavy atom. The number of aryl methyl sites for hydroxylation is 3. The maximum absolute atomic E-state index is 12.4. The van der Waals surface area contributed by atoms with Crippen LogP contribution in [0.15, 0.2) is 35.7 Å². The Labute approximate surface area is 144 Å². The van der Waals surface area contributed by atoms with Gasteiger partial charge in [0.25, 0.3) is 5.91 Å². The predicted molar refractivity (Wildman–Crippen MR) is 97.3 cm³/mol. The van der Waals surface area contributed by atoms with Crippen molar-refractivity contribution in [1.82, 2.24) is 10.3 Å². The lowest BCUT2D eigenvalue weighted by Crippen LogP contribution is -2.23. The van der Waals surface area contributed by atoms with E-state index in [2.05, 4.69) is 16.4 Å². The second kappa shape index (κ2) is 6.64. The minimum Gasteiger partial charge on any atom is -0.347 e. The summed E-state index contributed by atoms with van der Waals surface area (Å²) < 4.78 is 0. The summed E-state index contributed by atoms with van der Waals surface area (Å²) >= 11 is 3.33. The van der Waals surface area contributed by atoms with Gasteiger partial charge in [0, 0.05) is 10.4 Å². The van der Waals surface area contributed by atoms with Crippen molar-refractivity contribution in [2.24, 2.45) is 0 Å². The molecule has 118 valence electrons. The zero-order valence-corrected chi connectivity index (χ0v) is 15.0. The molecule has 0 radical (unpaired) electrons. The number of nitrogens with one attached hydrogen (secondary N) is 1. The van der Waals surface area contributed by atoms with E-state index in [9.17, 15) is 4.79 Å². The Hall–Kier alpha value is -1.98. The van der Waals surface area contributed by atoms with Gasteiger partial charge in [-0.05, 0) is 43.8 Å². The van der Waals surface area contributed by atoms with Gasteiger partial charge in [-0.25, -0.2) is 4.98 Å². The van der Waals surface area contributed by atoms with Crippen LogP contribution in [0.3, 0.4) is 0 Å². The summed E-state index contributed by atoms with van der Waals surface area (Å²) in [6, 6.07) is 9.98. The standard InChI is InChI=1S/C18H18N2OS2/c1-11-6-7-14(12(2)9-11)17(21)19-10-16-13(3)20-18(23-16)15-5-4-8-22-15/h4-9H,10H2,1-3H3,(H,19,21). The number of nitrogens with zero attached hydrogens (tertiary/aromatic N) is 1.